The van der Waals surface area contributed by atoms with Gasteiger partial charge in [-0.1, -0.05) is 127 Å². The summed E-state index contributed by atoms with van der Waals surface area (Å²) in [6, 6.07) is -20.9. The van der Waals surface area contributed by atoms with Gasteiger partial charge in [0.05, 0.1) is 34.3 Å². The number of hydrogen-bond acceptors (Lipinski definition) is 4. The van der Waals surface area contributed by atoms with Gasteiger partial charge < -0.3 is 4.42 Å². The lowest BCUT2D eigenvalue weighted by atomic mass is 10.00. The summed E-state index contributed by atoms with van der Waals surface area (Å²) in [5, 5.41) is -3.01. The van der Waals surface area contributed by atoms with E-state index in [4.69, 9.17) is 31.8 Å². The fourth-order valence-corrected chi connectivity index (χ4v) is 4.59. The summed E-state index contributed by atoms with van der Waals surface area (Å²) in [4.78, 5) is 13.1. The van der Waals surface area contributed by atoms with Gasteiger partial charge in [-0.2, -0.15) is 0 Å². The zero-order chi connectivity index (χ0) is 51.5. The molecular weight excluding hydrogens is 550 g/mol. The predicted octanol–water partition coefficient (Wildman–Crippen LogP) is 10.7. The van der Waals surface area contributed by atoms with E-state index in [2.05, 4.69) is 15.0 Å². The summed E-state index contributed by atoms with van der Waals surface area (Å²) in [6.45, 7) is 0. The highest BCUT2D eigenvalue weighted by Gasteiger charge is 2.18. The molecule has 0 atom stereocenters. The standard InChI is InChI=1S/C41H25N3O/c1-3-10-30-24-32(22-18-26(30)8-1)28-16-20-29(21-17-28)39-42-40(33-23-19-27-9-2-4-11-31(27)25-33)44-41(43-39)35-13-7-15-37-38(35)34-12-5-6-14-36(34)45-37/h1-25H/i1D,2D,3D,4D,5D,6D,7D,8D,9D,10D,11D,12D,13D,14D,15D,16D,17D,18D,19D,20D,21D,22D,23D,24D,25D. The van der Waals surface area contributed by atoms with E-state index in [0.717, 1.165) is 0 Å². The van der Waals surface area contributed by atoms with Crippen molar-refractivity contribution >= 4 is 43.5 Å². The van der Waals surface area contributed by atoms with Crippen LogP contribution in [0.25, 0.3) is 88.8 Å². The molecule has 0 saturated carbocycles. The summed E-state index contributed by atoms with van der Waals surface area (Å²) in [7, 11) is 0. The lowest BCUT2D eigenvalue weighted by Gasteiger charge is -2.10. The van der Waals surface area contributed by atoms with E-state index in [9.17, 15) is 6.85 Å². The second-order valence-electron chi connectivity index (χ2n) is 9.32. The number of hydrogen-bond donors (Lipinski definition) is 0. The quantitative estimate of drug-likeness (QED) is 0.202. The number of furan rings is 1. The molecule has 9 aromatic rings. The molecule has 210 valence electrons. The fraction of sp³-hybridized carbons (Fsp3) is 0. The highest BCUT2D eigenvalue weighted by atomic mass is 16.3. The van der Waals surface area contributed by atoms with Crippen molar-refractivity contribution in [3.8, 4) is 45.3 Å². The third-order valence-corrected chi connectivity index (χ3v) is 6.63. The highest BCUT2D eigenvalue weighted by molar-refractivity contribution is 6.11. The Hall–Kier alpha value is -6.13. The van der Waals surface area contributed by atoms with Crippen LogP contribution in [0.1, 0.15) is 34.3 Å². The van der Waals surface area contributed by atoms with Gasteiger partial charge >= 0.3 is 0 Å². The molecule has 45 heavy (non-hydrogen) atoms. The molecule has 4 nitrogen and oxygen atoms in total. The summed E-state index contributed by atoms with van der Waals surface area (Å²) in [5.41, 5.74) is -4.71. The molecule has 0 bridgehead atoms. The molecule has 0 radical (unpaired) electrons. The van der Waals surface area contributed by atoms with Crippen LogP contribution in [-0.4, -0.2) is 15.0 Å². The van der Waals surface area contributed by atoms with Gasteiger partial charge in [-0.25, -0.2) is 15.0 Å². The van der Waals surface area contributed by atoms with Crippen LogP contribution < -0.4 is 0 Å². The molecule has 0 spiro atoms. The molecule has 0 N–H and O–H groups in total. The fourth-order valence-electron chi connectivity index (χ4n) is 4.59. The smallest absolute Gasteiger partial charge is 0.164 e. The second-order valence-corrected chi connectivity index (χ2v) is 9.32. The number of nitrogens with zero attached hydrogens (tertiary/aromatic N) is 3. The summed E-state index contributed by atoms with van der Waals surface area (Å²) in [6.07, 6.45) is 0. The van der Waals surface area contributed by atoms with E-state index in [1.54, 1.807) is 0 Å². The molecule has 2 heterocycles. The molecule has 0 saturated heterocycles. The lowest BCUT2D eigenvalue weighted by molar-refractivity contribution is 0.669. The number of rotatable bonds is 4. The number of fused-ring (bicyclic) bond motifs is 5. The van der Waals surface area contributed by atoms with E-state index in [0.29, 0.717) is 0 Å². The van der Waals surface area contributed by atoms with Gasteiger partial charge in [0.2, 0.25) is 0 Å². The molecule has 4 heteroatoms. The van der Waals surface area contributed by atoms with Crippen LogP contribution in [0.5, 0.6) is 0 Å². The zero-order valence-electron chi connectivity index (χ0n) is 47.2. The van der Waals surface area contributed by atoms with Crippen molar-refractivity contribution in [2.45, 2.75) is 0 Å². The monoisotopic (exact) mass is 600 g/mol. The summed E-state index contributed by atoms with van der Waals surface area (Å²) < 4.78 is 224. The van der Waals surface area contributed by atoms with Gasteiger partial charge in [-0.3, -0.25) is 0 Å². The first-order valence-corrected chi connectivity index (χ1v) is 13.0. The van der Waals surface area contributed by atoms with Gasteiger partial charge in [0.25, 0.3) is 0 Å². The van der Waals surface area contributed by atoms with Crippen LogP contribution in [0.3, 0.4) is 0 Å². The topological polar surface area (TPSA) is 51.8 Å². The first kappa shape index (κ1) is 10.8. The third kappa shape index (κ3) is 4.43. The van der Waals surface area contributed by atoms with E-state index in [1.165, 1.54) is 0 Å². The average molecular weight is 601 g/mol. The Bertz CT molecular complexity index is 3940. The first-order valence-electron chi connectivity index (χ1n) is 25.5. The number of benzene rings is 7. The molecular formula is C41H25N3O. The van der Waals surface area contributed by atoms with E-state index < -0.39 is 240 Å². The van der Waals surface area contributed by atoms with Gasteiger partial charge in [0.15, 0.2) is 17.5 Å². The number of para-hydroxylation sites is 1. The molecule has 0 aliphatic rings. The Morgan fingerprint density at radius 2 is 0.933 bits per heavy atom. The molecule has 0 unspecified atom stereocenters. The van der Waals surface area contributed by atoms with Crippen LogP contribution in [0.15, 0.2) is 155 Å². The van der Waals surface area contributed by atoms with Crippen molar-refractivity contribution in [3.63, 3.8) is 0 Å². The van der Waals surface area contributed by atoms with Crippen LogP contribution in [0.4, 0.5) is 0 Å². The van der Waals surface area contributed by atoms with Crippen LogP contribution >= 0.6 is 0 Å². The molecule has 9 rings (SSSR count). The third-order valence-electron chi connectivity index (χ3n) is 6.63. The molecule has 2 aromatic heterocycles. The van der Waals surface area contributed by atoms with Crippen LogP contribution in [0, 0.1) is 0 Å². The van der Waals surface area contributed by atoms with Crippen molar-refractivity contribution in [2.75, 3.05) is 0 Å². The van der Waals surface area contributed by atoms with Gasteiger partial charge in [-0.05, 0) is 56.8 Å². The normalized spacial score (nSPS) is 19.3. The summed E-state index contributed by atoms with van der Waals surface area (Å²) in [5.74, 6) is -2.48. The Balaban J connectivity index is 1.45. The molecule has 0 amide bonds. The van der Waals surface area contributed by atoms with Crippen LogP contribution in [0.2, 0.25) is 0 Å². The Morgan fingerprint density at radius 1 is 0.400 bits per heavy atom. The van der Waals surface area contributed by atoms with Gasteiger partial charge in [0, 0.05) is 27.5 Å². The van der Waals surface area contributed by atoms with E-state index >= 15 is 0 Å². The van der Waals surface area contributed by atoms with Gasteiger partial charge in [-0.15, -0.1) is 0 Å². The maximum absolute atomic E-state index is 9.28. The Labute approximate surface area is 294 Å². The molecule has 0 aliphatic carbocycles. The Morgan fingerprint density at radius 3 is 1.69 bits per heavy atom. The maximum Gasteiger partial charge on any atom is 0.164 e. The molecule has 7 aromatic carbocycles. The average Bonchev–Trinajstić information content (AvgIpc) is 3.72. The SMILES string of the molecule is [2H]c1c([2H])c(-c2c([2H])c([2H])c3c([2H])c([2H])c([2H])c([2H])c3c2[2H])c([2H])c([2H])c1-c1nc(-c2c([2H])c([2H])c3c([2H])c([2H])c([2H])c([2H])c3c2[2H])nc(-c2c([2H])c([2H])c([2H])c3oc4c([2H])c([2H])c([2H])c([2H])c4c23)n1. The van der Waals surface area contributed by atoms with Gasteiger partial charge in [0.1, 0.15) is 11.2 Å². The second kappa shape index (κ2) is 10.2. The largest absolute Gasteiger partial charge is 0.456 e. The lowest BCUT2D eigenvalue weighted by Crippen LogP contribution is -2.00. The summed E-state index contributed by atoms with van der Waals surface area (Å²) >= 11 is 0. The predicted molar refractivity (Wildman–Crippen MR) is 184 cm³/mol. The molecule has 0 aliphatic heterocycles. The van der Waals surface area contributed by atoms with E-state index in [-0.39, 0.29) is 0 Å². The van der Waals surface area contributed by atoms with E-state index in [1.807, 2.05) is 0 Å². The minimum atomic E-state index is -1.02. The maximum atomic E-state index is 9.28. The van der Waals surface area contributed by atoms with Crippen LogP contribution in [-0.2, 0) is 0 Å². The highest BCUT2D eigenvalue weighted by Crippen LogP contribution is 2.37. The minimum absolute atomic E-state index is 0.418. The van der Waals surface area contributed by atoms with Crippen molar-refractivity contribution in [3.05, 3.63) is 151 Å². The first-order chi connectivity index (χ1) is 32.7. The minimum Gasteiger partial charge on any atom is -0.456 e. The van der Waals surface area contributed by atoms with Crippen molar-refractivity contribution in [1.29, 1.82) is 0 Å². The Kier molecular flexibility index (Phi) is 2.46. The van der Waals surface area contributed by atoms with Crippen molar-refractivity contribution in [1.82, 2.24) is 15.0 Å². The number of aromatic nitrogens is 3. The molecule has 0 fully saturated rings. The zero-order valence-corrected chi connectivity index (χ0v) is 22.2. The van der Waals surface area contributed by atoms with Crippen molar-refractivity contribution < 1.29 is 38.7 Å². The van der Waals surface area contributed by atoms with Crippen molar-refractivity contribution in [2.24, 2.45) is 0 Å².